The van der Waals surface area contributed by atoms with Crippen LogP contribution in [0.4, 0.5) is 4.39 Å². The van der Waals surface area contributed by atoms with E-state index < -0.39 is 0 Å². The quantitative estimate of drug-likeness (QED) is 0.580. The van der Waals surface area contributed by atoms with Gasteiger partial charge < -0.3 is 0 Å². The van der Waals surface area contributed by atoms with Gasteiger partial charge in [-0.05, 0) is 32.6 Å². The molecule has 0 radical (unpaired) electrons. The Bertz CT molecular complexity index is 276. The lowest BCUT2D eigenvalue weighted by Gasteiger charge is -2.09. The molecule has 1 heterocycles. The maximum Gasteiger partial charge on any atom is 0.140 e. The summed E-state index contributed by atoms with van der Waals surface area (Å²) in [6.45, 7) is 9.87. The van der Waals surface area contributed by atoms with Crippen molar-refractivity contribution in [3.8, 4) is 0 Å². The Hall–Kier alpha value is -0.370. The highest BCUT2D eigenvalue weighted by atomic mass is 32.1. The van der Waals surface area contributed by atoms with Gasteiger partial charge in [-0.15, -0.1) is 11.3 Å². The Kier molecular flexibility index (Phi) is 7.67. The third kappa shape index (κ3) is 3.60. The first-order valence-electron chi connectivity index (χ1n) is 6.05. The highest BCUT2D eigenvalue weighted by Gasteiger charge is 2.17. The van der Waals surface area contributed by atoms with E-state index in [9.17, 15) is 4.39 Å². The van der Waals surface area contributed by atoms with Crippen molar-refractivity contribution >= 4 is 11.3 Å². The first-order chi connectivity index (χ1) is 7.29. The molecule has 0 aromatic carbocycles. The van der Waals surface area contributed by atoms with Crippen molar-refractivity contribution in [1.82, 2.24) is 0 Å². The Morgan fingerprint density at radius 2 is 1.53 bits per heavy atom. The molecular weight excluding hydrogens is 207 g/mol. The predicted octanol–water partition coefficient (Wildman–Crippen LogP) is 5.13. The van der Waals surface area contributed by atoms with Gasteiger partial charge in [-0.2, -0.15) is 0 Å². The number of hydrogen-bond acceptors (Lipinski definition) is 1. The Morgan fingerprint density at radius 3 is 2.07 bits per heavy atom. The highest BCUT2D eigenvalue weighted by Crippen LogP contribution is 2.32. The second-order valence-electron chi connectivity index (χ2n) is 3.08. The standard InChI is InChI=1S/C9H11FS.2C2H6/c1-6-9(10)7-4-2-3-5-8(7)11-6;2*1-2/h2-5H2,1H3;2*1-2H3. The van der Waals surface area contributed by atoms with Crippen molar-refractivity contribution < 1.29 is 4.39 Å². The first kappa shape index (κ1) is 14.6. The average molecular weight is 230 g/mol. The molecular formula is C13H23FS. The second-order valence-corrected chi connectivity index (χ2v) is 4.39. The van der Waals surface area contributed by atoms with E-state index in [4.69, 9.17) is 0 Å². The highest BCUT2D eigenvalue weighted by molar-refractivity contribution is 7.12. The summed E-state index contributed by atoms with van der Waals surface area (Å²) >= 11 is 1.64. The van der Waals surface area contributed by atoms with Crippen LogP contribution in [0.25, 0.3) is 0 Å². The van der Waals surface area contributed by atoms with Gasteiger partial charge in [0.15, 0.2) is 0 Å². The molecule has 0 fully saturated rings. The Morgan fingerprint density at radius 1 is 1.00 bits per heavy atom. The number of thiophene rings is 1. The van der Waals surface area contributed by atoms with Crippen LogP contribution in [-0.4, -0.2) is 0 Å². The minimum atomic E-state index is 0.0738. The summed E-state index contributed by atoms with van der Waals surface area (Å²) in [6, 6.07) is 0. The van der Waals surface area contributed by atoms with Gasteiger partial charge in [0.05, 0.1) is 0 Å². The summed E-state index contributed by atoms with van der Waals surface area (Å²) in [5, 5.41) is 0. The van der Waals surface area contributed by atoms with Gasteiger partial charge in [0.25, 0.3) is 0 Å². The molecule has 1 aromatic heterocycles. The smallest absolute Gasteiger partial charge is 0.140 e. The summed E-state index contributed by atoms with van der Waals surface area (Å²) in [7, 11) is 0. The van der Waals surface area contributed by atoms with Gasteiger partial charge in [-0.3, -0.25) is 0 Å². The normalized spacial score (nSPS) is 12.9. The van der Waals surface area contributed by atoms with Crippen LogP contribution in [0.5, 0.6) is 0 Å². The van der Waals surface area contributed by atoms with Gasteiger partial charge in [0.2, 0.25) is 0 Å². The van der Waals surface area contributed by atoms with Gasteiger partial charge in [0, 0.05) is 15.3 Å². The van der Waals surface area contributed by atoms with Crippen LogP contribution in [0.15, 0.2) is 0 Å². The molecule has 2 rings (SSSR count). The fourth-order valence-corrected chi connectivity index (χ4v) is 2.81. The molecule has 88 valence electrons. The molecule has 0 bridgehead atoms. The molecule has 0 N–H and O–H groups in total. The summed E-state index contributed by atoms with van der Waals surface area (Å²) in [5.41, 5.74) is 1.01. The maximum atomic E-state index is 13.3. The molecule has 0 aliphatic heterocycles. The molecule has 0 saturated carbocycles. The van der Waals surface area contributed by atoms with Crippen LogP contribution in [0, 0.1) is 12.7 Å². The number of halogens is 1. The third-order valence-corrected chi connectivity index (χ3v) is 3.45. The zero-order chi connectivity index (χ0) is 11.8. The maximum absolute atomic E-state index is 13.3. The second kappa shape index (κ2) is 7.86. The Labute approximate surface area is 97.5 Å². The molecule has 0 amide bonds. The third-order valence-electron chi connectivity index (χ3n) is 2.27. The largest absolute Gasteiger partial charge is 0.205 e. The van der Waals surface area contributed by atoms with Crippen molar-refractivity contribution in [2.45, 2.75) is 60.3 Å². The molecule has 0 nitrogen and oxygen atoms in total. The van der Waals surface area contributed by atoms with E-state index in [1.807, 2.05) is 34.6 Å². The summed E-state index contributed by atoms with van der Waals surface area (Å²) in [4.78, 5) is 2.17. The van der Waals surface area contributed by atoms with Crippen LogP contribution in [0.2, 0.25) is 0 Å². The van der Waals surface area contributed by atoms with Gasteiger partial charge in [0.1, 0.15) is 5.82 Å². The minimum Gasteiger partial charge on any atom is -0.205 e. The number of aryl methyl sites for hydroxylation is 2. The summed E-state index contributed by atoms with van der Waals surface area (Å²) in [6.07, 6.45) is 4.47. The van der Waals surface area contributed by atoms with E-state index >= 15 is 0 Å². The van der Waals surface area contributed by atoms with E-state index in [-0.39, 0.29) is 5.82 Å². The van der Waals surface area contributed by atoms with Crippen molar-refractivity contribution in [2.24, 2.45) is 0 Å². The lowest BCUT2D eigenvalue weighted by atomic mass is 9.99. The first-order valence-corrected chi connectivity index (χ1v) is 6.87. The zero-order valence-electron chi connectivity index (χ0n) is 10.6. The number of hydrogen-bond donors (Lipinski definition) is 0. The lowest BCUT2D eigenvalue weighted by Crippen LogP contribution is -1.99. The fraction of sp³-hybridized carbons (Fsp3) is 0.692. The fourth-order valence-electron chi connectivity index (χ4n) is 1.66. The van der Waals surface area contributed by atoms with Crippen molar-refractivity contribution in [2.75, 3.05) is 0 Å². The summed E-state index contributed by atoms with van der Waals surface area (Å²) in [5.74, 6) is 0.0738. The van der Waals surface area contributed by atoms with Crippen molar-refractivity contribution in [3.63, 3.8) is 0 Å². The molecule has 1 aliphatic carbocycles. The molecule has 0 spiro atoms. The Balaban J connectivity index is 0.000000442. The number of fused-ring (bicyclic) bond motifs is 1. The number of rotatable bonds is 0. The lowest BCUT2D eigenvalue weighted by molar-refractivity contribution is 0.585. The SMILES string of the molecule is CC.CC.Cc1sc2c(c1F)CCCC2. The van der Waals surface area contributed by atoms with Crippen LogP contribution >= 0.6 is 11.3 Å². The minimum absolute atomic E-state index is 0.0738. The molecule has 0 unspecified atom stereocenters. The van der Waals surface area contributed by atoms with Crippen LogP contribution in [0.3, 0.4) is 0 Å². The average Bonchev–Trinajstić information content (AvgIpc) is 2.61. The van der Waals surface area contributed by atoms with Crippen LogP contribution < -0.4 is 0 Å². The van der Waals surface area contributed by atoms with E-state index in [0.29, 0.717) is 0 Å². The van der Waals surface area contributed by atoms with Crippen LogP contribution in [-0.2, 0) is 12.8 Å². The van der Waals surface area contributed by atoms with E-state index in [1.54, 1.807) is 11.3 Å². The van der Waals surface area contributed by atoms with E-state index in [0.717, 1.165) is 23.3 Å². The zero-order valence-corrected chi connectivity index (χ0v) is 11.4. The van der Waals surface area contributed by atoms with Crippen molar-refractivity contribution in [3.05, 3.63) is 21.1 Å². The van der Waals surface area contributed by atoms with Gasteiger partial charge >= 0.3 is 0 Å². The molecule has 2 heteroatoms. The molecule has 0 atom stereocenters. The molecule has 1 aliphatic rings. The monoisotopic (exact) mass is 230 g/mol. The van der Waals surface area contributed by atoms with Gasteiger partial charge in [-0.1, -0.05) is 27.7 Å². The predicted molar refractivity (Wildman–Crippen MR) is 68.4 cm³/mol. The van der Waals surface area contributed by atoms with Crippen LogP contribution in [0.1, 0.15) is 55.9 Å². The van der Waals surface area contributed by atoms with Gasteiger partial charge in [-0.25, -0.2) is 4.39 Å². The molecule has 0 saturated heterocycles. The van der Waals surface area contributed by atoms with Crippen molar-refractivity contribution in [1.29, 1.82) is 0 Å². The molecule has 15 heavy (non-hydrogen) atoms. The van der Waals surface area contributed by atoms with E-state index in [1.165, 1.54) is 17.7 Å². The topological polar surface area (TPSA) is 0 Å². The van der Waals surface area contributed by atoms with E-state index in [2.05, 4.69) is 0 Å². The summed E-state index contributed by atoms with van der Waals surface area (Å²) < 4.78 is 13.3. The molecule has 1 aromatic rings.